The van der Waals surface area contributed by atoms with E-state index >= 15 is 0 Å². The molecular formula is C64H84N4O18S5. The number of benzene rings is 3. The second kappa shape index (κ2) is 37.3. The van der Waals surface area contributed by atoms with E-state index in [0.717, 1.165) is 54.1 Å². The van der Waals surface area contributed by atoms with Gasteiger partial charge < -0.3 is 86.0 Å². The number of thioether (sulfide) groups is 2. The highest BCUT2D eigenvalue weighted by molar-refractivity contribution is 8.00. The Morgan fingerprint density at radius 3 is 1.26 bits per heavy atom. The number of ether oxygens (including phenoxy) is 16. The average molecular weight is 1360 g/mol. The van der Waals surface area contributed by atoms with Crippen molar-refractivity contribution in [3.8, 4) is 54.9 Å². The SMILES string of the molecule is COCC1OC(SCCOCCOCCOCCOc2ccc(-c3nc4c(-c5ccc(C)s5)c5nsnc5c(-c5ccc(C)s5)c4nc3-c3ccc(OCCOCCOCCOCCSC4OC(CO)C(OC)C(OC)C4OC)cc3)cc2)C(O)C(OC)C1OC. The minimum Gasteiger partial charge on any atom is -0.491 e. The van der Waals surface area contributed by atoms with E-state index in [1.807, 2.05) is 48.5 Å². The summed E-state index contributed by atoms with van der Waals surface area (Å²) < 4.78 is 102. The van der Waals surface area contributed by atoms with Gasteiger partial charge in [-0.05, 0) is 86.6 Å². The molecular weight excluding hydrogens is 1270 g/mol. The number of aliphatic hydroxyl groups is 2. The highest BCUT2D eigenvalue weighted by atomic mass is 32.2. The monoisotopic (exact) mass is 1360 g/mol. The van der Waals surface area contributed by atoms with E-state index in [0.29, 0.717) is 133 Å². The van der Waals surface area contributed by atoms with Gasteiger partial charge in [-0.15, -0.1) is 46.2 Å². The van der Waals surface area contributed by atoms with Crippen molar-refractivity contribution in [2.24, 2.45) is 0 Å². The highest BCUT2D eigenvalue weighted by Crippen LogP contribution is 2.47. The molecule has 2 N–H and O–H groups in total. The van der Waals surface area contributed by atoms with Gasteiger partial charge in [-0.1, -0.05) is 0 Å². The lowest BCUT2D eigenvalue weighted by Crippen LogP contribution is -2.59. The van der Waals surface area contributed by atoms with Gasteiger partial charge in [-0.2, -0.15) is 8.75 Å². The van der Waals surface area contributed by atoms with Gasteiger partial charge in [0.1, 0.15) is 106 Å². The quantitative estimate of drug-likeness (QED) is 0.0341. The first-order valence-electron chi connectivity index (χ1n) is 30.2. The van der Waals surface area contributed by atoms with Crippen LogP contribution in [0.3, 0.4) is 0 Å². The van der Waals surface area contributed by atoms with E-state index in [1.54, 1.807) is 77.1 Å². The normalized spacial score (nSPS) is 22.0. The summed E-state index contributed by atoms with van der Waals surface area (Å²) in [5.74, 6) is 2.65. The summed E-state index contributed by atoms with van der Waals surface area (Å²) in [6.45, 7) is 10.1. The summed E-state index contributed by atoms with van der Waals surface area (Å²) in [6.07, 6.45) is -3.89. The molecule has 91 heavy (non-hydrogen) atoms. The van der Waals surface area contributed by atoms with Gasteiger partial charge in [0.2, 0.25) is 0 Å². The molecule has 0 aliphatic carbocycles. The Kier molecular flexibility index (Phi) is 29.1. The molecule has 27 heteroatoms. The van der Waals surface area contributed by atoms with Crippen LogP contribution in [0.4, 0.5) is 0 Å². The molecule has 2 saturated heterocycles. The fraction of sp³-hybridized carbons (Fsp3) is 0.562. The molecule has 9 rings (SSSR count). The second-order valence-electron chi connectivity index (χ2n) is 21.0. The number of aryl methyl sites for hydroxylation is 2. The van der Waals surface area contributed by atoms with Crippen LogP contribution in [-0.2, 0) is 66.3 Å². The van der Waals surface area contributed by atoms with Gasteiger partial charge in [0.15, 0.2) is 0 Å². The zero-order chi connectivity index (χ0) is 63.9. The maximum absolute atomic E-state index is 10.9. The fourth-order valence-electron chi connectivity index (χ4n) is 10.8. The van der Waals surface area contributed by atoms with Crippen molar-refractivity contribution < 1.29 is 86.0 Å². The summed E-state index contributed by atoms with van der Waals surface area (Å²) in [5, 5.41) is 20.7. The van der Waals surface area contributed by atoms with E-state index in [1.165, 1.54) is 33.2 Å². The van der Waals surface area contributed by atoms with Crippen LogP contribution in [-0.4, -0.2) is 249 Å². The molecule has 0 bridgehead atoms. The van der Waals surface area contributed by atoms with E-state index in [-0.39, 0.29) is 30.4 Å². The van der Waals surface area contributed by atoms with E-state index in [9.17, 15) is 10.2 Å². The molecule has 0 saturated carbocycles. The van der Waals surface area contributed by atoms with Crippen molar-refractivity contribution in [1.29, 1.82) is 0 Å². The molecule has 10 unspecified atom stereocenters. The minimum absolute atomic E-state index is 0.185. The first kappa shape index (κ1) is 71.2. The average Bonchev–Trinajstić information content (AvgIpc) is 1.71. The van der Waals surface area contributed by atoms with Crippen molar-refractivity contribution in [2.75, 3.05) is 160 Å². The predicted molar refractivity (Wildman–Crippen MR) is 355 cm³/mol. The number of fused-ring (bicyclic) bond motifs is 2. The first-order valence-corrected chi connectivity index (χ1v) is 34.6. The summed E-state index contributed by atoms with van der Waals surface area (Å²) in [6, 6.07) is 24.3. The number of aromatic nitrogens is 4. The lowest BCUT2D eigenvalue weighted by atomic mass is 9.99. The topological polar surface area (TPSA) is 240 Å². The van der Waals surface area contributed by atoms with Crippen LogP contribution in [0, 0.1) is 13.8 Å². The maximum atomic E-state index is 10.9. The number of hydrogen-bond acceptors (Lipinski definition) is 27. The molecule has 0 amide bonds. The van der Waals surface area contributed by atoms with Gasteiger partial charge in [-0.3, -0.25) is 0 Å². The third kappa shape index (κ3) is 18.9. The molecule has 10 atom stereocenters. The Morgan fingerprint density at radius 2 is 0.857 bits per heavy atom. The Morgan fingerprint density at radius 1 is 0.451 bits per heavy atom. The van der Waals surface area contributed by atoms with Crippen LogP contribution in [0.2, 0.25) is 0 Å². The number of thiophene rings is 2. The number of nitrogens with zero attached hydrogens (tertiary/aromatic N) is 4. The Bertz CT molecular complexity index is 3250. The van der Waals surface area contributed by atoms with Crippen molar-refractivity contribution >= 4 is 80.0 Å². The van der Waals surface area contributed by atoms with Crippen molar-refractivity contribution in [3.63, 3.8) is 0 Å². The standard InChI is InChI=1S/C64H84N4O18S5/c1-39-9-19-47(89-39)49-53-54(50(48-20-10-40(2)90-48)56-55(49)67-91-68-56)66-52(42-13-17-44(18-14-42)84-32-30-80-24-22-78-26-28-82-34-36-88-64-62(76-8)61(75-7)58(72-4)45(37-69)85-64)51(65-53)41-11-15-43(16-12-41)83-31-29-79-23-21-77-25-27-81-33-35-87-63-57(70)60(74-6)59(73-5)46(86-63)38-71-3/h9-20,45-46,57-64,69-70H,21-38H2,1-8H3. The third-order valence-corrected chi connectivity index (χ3v) is 19.9. The Labute approximate surface area is 552 Å². The number of hydrogen-bond donors (Lipinski definition) is 2. The first-order chi connectivity index (χ1) is 44.6. The minimum atomic E-state index is -0.859. The van der Waals surface area contributed by atoms with Crippen LogP contribution in [0.25, 0.3) is 65.5 Å². The van der Waals surface area contributed by atoms with Crippen LogP contribution >= 0.6 is 57.9 Å². The zero-order valence-corrected chi connectivity index (χ0v) is 56.8. The lowest BCUT2D eigenvalue weighted by molar-refractivity contribution is -0.227. The van der Waals surface area contributed by atoms with Gasteiger partial charge in [0, 0.05) is 95.9 Å². The fourth-order valence-corrected chi connectivity index (χ4v) is 15.3. The lowest BCUT2D eigenvalue weighted by Gasteiger charge is -2.44. The van der Waals surface area contributed by atoms with Crippen LogP contribution < -0.4 is 9.47 Å². The molecule has 2 aliphatic rings. The second-order valence-corrected chi connectivity index (χ2v) is 26.5. The van der Waals surface area contributed by atoms with Crippen molar-refractivity contribution in [3.05, 3.63) is 82.6 Å². The van der Waals surface area contributed by atoms with Gasteiger partial charge in [-0.25, -0.2) is 9.97 Å². The van der Waals surface area contributed by atoms with Crippen LogP contribution in [0.5, 0.6) is 11.5 Å². The van der Waals surface area contributed by atoms with Crippen LogP contribution in [0.15, 0.2) is 72.8 Å². The molecule has 2 aliphatic heterocycles. The predicted octanol–water partition coefficient (Wildman–Crippen LogP) is 8.89. The molecule has 3 aromatic carbocycles. The third-order valence-electron chi connectivity index (χ3n) is 15.1. The summed E-state index contributed by atoms with van der Waals surface area (Å²) in [4.78, 5) is 15.6. The largest absolute Gasteiger partial charge is 0.491 e. The van der Waals surface area contributed by atoms with Gasteiger partial charge >= 0.3 is 0 Å². The number of rotatable bonds is 40. The maximum Gasteiger partial charge on any atom is 0.132 e. The molecule has 6 heterocycles. The zero-order valence-electron chi connectivity index (χ0n) is 52.7. The van der Waals surface area contributed by atoms with E-state index in [4.69, 9.17) is 94.5 Å². The highest BCUT2D eigenvalue weighted by Gasteiger charge is 2.48. The molecule has 22 nitrogen and oxygen atoms in total. The smallest absolute Gasteiger partial charge is 0.132 e. The summed E-state index contributed by atoms with van der Waals surface area (Å²) in [5.41, 5.74) is 7.18. The van der Waals surface area contributed by atoms with E-state index in [2.05, 4.69) is 38.1 Å². The Hall–Kier alpha value is -4.12. The molecule has 0 radical (unpaired) electrons. The molecule has 0 spiro atoms. The van der Waals surface area contributed by atoms with E-state index < -0.39 is 36.0 Å². The number of methoxy groups -OCH3 is 6. The van der Waals surface area contributed by atoms with Crippen LogP contribution in [0.1, 0.15) is 9.75 Å². The summed E-state index contributed by atoms with van der Waals surface area (Å²) >= 11 is 7.61. The molecule has 7 aromatic rings. The molecule has 2 fully saturated rings. The Balaban J connectivity index is 0.757. The molecule has 4 aromatic heterocycles. The molecule has 498 valence electrons. The summed E-state index contributed by atoms with van der Waals surface area (Å²) in [7, 11) is 9.52. The van der Waals surface area contributed by atoms with Crippen molar-refractivity contribution in [1.82, 2.24) is 18.7 Å². The van der Waals surface area contributed by atoms with Crippen molar-refractivity contribution in [2.45, 2.75) is 73.6 Å². The van der Waals surface area contributed by atoms with Gasteiger partial charge in [0.25, 0.3) is 0 Å². The number of aliphatic hydroxyl groups excluding tert-OH is 2. The van der Waals surface area contributed by atoms with Gasteiger partial charge in [0.05, 0.1) is 116 Å².